The maximum absolute atomic E-state index is 11.5. The van der Waals surface area contributed by atoms with Crippen molar-refractivity contribution in [3.05, 3.63) is 18.2 Å². The van der Waals surface area contributed by atoms with E-state index in [9.17, 15) is 9.59 Å². The van der Waals surface area contributed by atoms with Crippen LogP contribution in [0.5, 0.6) is 0 Å². The van der Waals surface area contributed by atoms with Gasteiger partial charge in [0.25, 0.3) is 0 Å². The predicted octanol–water partition coefficient (Wildman–Crippen LogP) is -0.0518. The first-order valence-electron chi connectivity index (χ1n) is 5.62. The molecular formula is C11H17N3O4. The second kappa shape index (κ2) is 7.44. The van der Waals surface area contributed by atoms with Crippen LogP contribution in [-0.2, 0) is 20.7 Å². The number of hydrogen-bond acceptors (Lipinski definition) is 4. The minimum Gasteiger partial charge on any atom is -0.480 e. The molecular weight excluding hydrogens is 238 g/mol. The van der Waals surface area contributed by atoms with E-state index in [-0.39, 0.29) is 18.7 Å². The van der Waals surface area contributed by atoms with E-state index in [1.807, 2.05) is 0 Å². The van der Waals surface area contributed by atoms with E-state index in [2.05, 4.69) is 15.3 Å². The third kappa shape index (κ3) is 4.96. The first kappa shape index (κ1) is 14.2. The van der Waals surface area contributed by atoms with Gasteiger partial charge in [-0.05, 0) is 6.42 Å². The van der Waals surface area contributed by atoms with Gasteiger partial charge < -0.3 is 20.1 Å². The first-order chi connectivity index (χ1) is 8.63. The molecule has 1 atom stereocenters. The molecule has 1 heterocycles. The summed E-state index contributed by atoms with van der Waals surface area (Å²) in [6.45, 7) is 0.478. The highest BCUT2D eigenvalue weighted by molar-refractivity contribution is 5.83. The Balaban J connectivity index is 2.42. The highest BCUT2D eigenvalue weighted by Crippen LogP contribution is 2.00. The number of hydrogen-bond donors (Lipinski definition) is 3. The molecule has 1 unspecified atom stereocenters. The van der Waals surface area contributed by atoms with Crippen molar-refractivity contribution < 1.29 is 19.4 Å². The fraction of sp³-hybridized carbons (Fsp3) is 0.545. The fourth-order valence-electron chi connectivity index (χ4n) is 1.46. The molecule has 1 aromatic rings. The second-order valence-electron chi connectivity index (χ2n) is 3.84. The number of carbonyl (C=O) groups excluding carboxylic acids is 1. The molecule has 1 aromatic heterocycles. The summed E-state index contributed by atoms with van der Waals surface area (Å²) in [4.78, 5) is 29.1. The topological polar surface area (TPSA) is 104 Å². The number of rotatable bonds is 8. The van der Waals surface area contributed by atoms with Crippen LogP contribution in [0.3, 0.4) is 0 Å². The Morgan fingerprint density at radius 2 is 2.39 bits per heavy atom. The molecule has 18 heavy (non-hydrogen) atoms. The molecule has 0 aliphatic heterocycles. The van der Waals surface area contributed by atoms with Gasteiger partial charge in [-0.3, -0.25) is 4.79 Å². The Bertz CT molecular complexity index is 378. The Kier molecular flexibility index (Phi) is 5.86. The average molecular weight is 255 g/mol. The highest BCUT2D eigenvalue weighted by atomic mass is 16.5. The van der Waals surface area contributed by atoms with Gasteiger partial charge in [-0.1, -0.05) is 0 Å². The molecule has 1 amide bonds. The van der Waals surface area contributed by atoms with E-state index in [1.165, 1.54) is 12.5 Å². The summed E-state index contributed by atoms with van der Waals surface area (Å²) < 4.78 is 4.82. The molecule has 100 valence electrons. The summed E-state index contributed by atoms with van der Waals surface area (Å²) in [5.74, 6) is -1.36. The van der Waals surface area contributed by atoms with E-state index in [4.69, 9.17) is 9.84 Å². The van der Waals surface area contributed by atoms with Gasteiger partial charge >= 0.3 is 5.97 Å². The summed E-state index contributed by atoms with van der Waals surface area (Å²) in [6.07, 6.45) is 4.01. The maximum Gasteiger partial charge on any atom is 0.326 e. The highest BCUT2D eigenvalue weighted by Gasteiger charge is 2.20. The monoisotopic (exact) mass is 255 g/mol. The molecule has 0 aliphatic rings. The number of carboxylic acid groups (broad SMARTS) is 1. The van der Waals surface area contributed by atoms with Crippen LogP contribution in [0.4, 0.5) is 0 Å². The van der Waals surface area contributed by atoms with Crippen LogP contribution in [0.15, 0.2) is 12.5 Å². The minimum absolute atomic E-state index is 0.186. The molecule has 0 aromatic carbocycles. The van der Waals surface area contributed by atoms with Crippen molar-refractivity contribution in [2.24, 2.45) is 0 Å². The molecule has 0 spiro atoms. The van der Waals surface area contributed by atoms with Crippen molar-refractivity contribution in [2.45, 2.75) is 25.3 Å². The molecule has 0 fully saturated rings. The quantitative estimate of drug-likeness (QED) is 0.565. The molecule has 0 saturated carbocycles. The van der Waals surface area contributed by atoms with Gasteiger partial charge in [0.05, 0.1) is 6.33 Å². The van der Waals surface area contributed by atoms with Crippen LogP contribution in [0.1, 0.15) is 18.5 Å². The van der Waals surface area contributed by atoms with Crippen LogP contribution in [-0.4, -0.2) is 46.7 Å². The Morgan fingerprint density at radius 1 is 1.61 bits per heavy atom. The number of carbonyl (C=O) groups is 2. The van der Waals surface area contributed by atoms with E-state index in [0.29, 0.717) is 18.7 Å². The van der Waals surface area contributed by atoms with Crippen LogP contribution >= 0.6 is 0 Å². The van der Waals surface area contributed by atoms with Crippen molar-refractivity contribution in [1.82, 2.24) is 15.3 Å². The fourth-order valence-corrected chi connectivity index (χ4v) is 1.46. The largest absolute Gasteiger partial charge is 0.480 e. The van der Waals surface area contributed by atoms with Gasteiger partial charge in [-0.25, -0.2) is 9.78 Å². The number of carboxylic acids is 1. The second-order valence-corrected chi connectivity index (χ2v) is 3.84. The number of nitrogens with one attached hydrogen (secondary N) is 2. The van der Waals surface area contributed by atoms with Crippen LogP contribution in [0.25, 0.3) is 0 Å². The lowest BCUT2D eigenvalue weighted by Gasteiger charge is -2.13. The zero-order chi connectivity index (χ0) is 13.4. The summed E-state index contributed by atoms with van der Waals surface area (Å²) in [6, 6.07) is -0.944. The third-order valence-corrected chi connectivity index (χ3v) is 2.36. The Labute approximate surface area is 105 Å². The molecule has 0 radical (unpaired) electrons. The summed E-state index contributed by atoms with van der Waals surface area (Å²) in [5.41, 5.74) is 0.666. The van der Waals surface area contributed by atoms with Gasteiger partial charge in [0, 0.05) is 38.4 Å². The van der Waals surface area contributed by atoms with Gasteiger partial charge in [0.2, 0.25) is 5.91 Å². The number of aliphatic carboxylic acids is 1. The third-order valence-electron chi connectivity index (χ3n) is 2.36. The Morgan fingerprint density at radius 3 is 2.94 bits per heavy atom. The smallest absolute Gasteiger partial charge is 0.326 e. The predicted molar refractivity (Wildman–Crippen MR) is 63.0 cm³/mol. The van der Waals surface area contributed by atoms with Crippen molar-refractivity contribution >= 4 is 11.9 Å². The molecule has 0 bridgehead atoms. The molecule has 1 rings (SSSR count). The van der Waals surface area contributed by atoms with Crippen molar-refractivity contribution in [3.8, 4) is 0 Å². The zero-order valence-electron chi connectivity index (χ0n) is 10.2. The number of ether oxygens (including phenoxy) is 1. The van der Waals surface area contributed by atoms with Crippen molar-refractivity contribution in [1.29, 1.82) is 0 Å². The summed E-state index contributed by atoms with van der Waals surface area (Å²) >= 11 is 0. The summed E-state index contributed by atoms with van der Waals surface area (Å²) in [7, 11) is 1.55. The number of H-pyrrole nitrogens is 1. The number of imidazole rings is 1. The van der Waals surface area contributed by atoms with E-state index in [0.717, 1.165) is 0 Å². The molecule has 0 aliphatic carbocycles. The van der Waals surface area contributed by atoms with E-state index >= 15 is 0 Å². The average Bonchev–Trinajstić information content (AvgIpc) is 2.81. The summed E-state index contributed by atoms with van der Waals surface area (Å²) in [5, 5.41) is 11.5. The van der Waals surface area contributed by atoms with E-state index in [1.54, 1.807) is 7.11 Å². The number of methoxy groups -OCH3 is 1. The molecule has 7 nitrogen and oxygen atoms in total. The number of amides is 1. The lowest BCUT2D eigenvalue weighted by molar-refractivity contribution is -0.141. The van der Waals surface area contributed by atoms with Crippen molar-refractivity contribution in [2.75, 3.05) is 13.7 Å². The van der Waals surface area contributed by atoms with Gasteiger partial charge in [-0.2, -0.15) is 0 Å². The number of aromatic amines is 1. The SMILES string of the molecule is COCCCC(=O)NC(Cc1cnc[nH]1)C(=O)O. The van der Waals surface area contributed by atoms with Crippen molar-refractivity contribution in [3.63, 3.8) is 0 Å². The molecule has 7 heteroatoms. The lowest BCUT2D eigenvalue weighted by Crippen LogP contribution is -2.42. The molecule has 3 N–H and O–H groups in total. The van der Waals surface area contributed by atoms with Gasteiger partial charge in [-0.15, -0.1) is 0 Å². The lowest BCUT2D eigenvalue weighted by atomic mass is 10.1. The maximum atomic E-state index is 11.5. The minimum atomic E-state index is -1.07. The van der Waals surface area contributed by atoms with Gasteiger partial charge in [0.1, 0.15) is 6.04 Å². The standard InChI is InChI=1S/C11H17N3O4/c1-18-4-2-3-10(15)14-9(11(16)17)5-8-6-12-7-13-8/h6-7,9H,2-5H2,1H3,(H,12,13)(H,14,15)(H,16,17). The van der Waals surface area contributed by atoms with Crippen LogP contribution < -0.4 is 5.32 Å². The van der Waals surface area contributed by atoms with Crippen LogP contribution in [0, 0.1) is 0 Å². The number of nitrogens with zero attached hydrogens (tertiary/aromatic N) is 1. The van der Waals surface area contributed by atoms with Gasteiger partial charge in [0.15, 0.2) is 0 Å². The normalized spacial score (nSPS) is 12.1. The van der Waals surface area contributed by atoms with E-state index < -0.39 is 12.0 Å². The first-order valence-corrected chi connectivity index (χ1v) is 5.62. The zero-order valence-corrected chi connectivity index (χ0v) is 10.2. The number of aromatic nitrogens is 2. The van der Waals surface area contributed by atoms with Crippen LogP contribution in [0.2, 0.25) is 0 Å². The Hall–Kier alpha value is -1.89. The molecule has 0 saturated heterocycles.